The van der Waals surface area contributed by atoms with Gasteiger partial charge in [0.1, 0.15) is 0 Å². The van der Waals surface area contributed by atoms with Crippen LogP contribution in [0.3, 0.4) is 0 Å². The number of halogens is 1. The zero-order valence-electron chi connectivity index (χ0n) is 9.66. The van der Waals surface area contributed by atoms with Gasteiger partial charge in [-0.25, -0.2) is 0 Å². The lowest BCUT2D eigenvalue weighted by Crippen LogP contribution is -2.44. The summed E-state index contributed by atoms with van der Waals surface area (Å²) in [5.74, 6) is -1.21. The summed E-state index contributed by atoms with van der Waals surface area (Å²) in [6.07, 6.45) is -0.159. The van der Waals surface area contributed by atoms with Gasteiger partial charge in [-0.15, -0.1) is 0 Å². The monoisotopic (exact) mass is 299 g/mol. The number of carboxylic acid groups (broad SMARTS) is 1. The minimum atomic E-state index is -0.954. The summed E-state index contributed by atoms with van der Waals surface area (Å²) in [4.78, 5) is 22.0. The zero-order chi connectivity index (χ0) is 13.1. The summed E-state index contributed by atoms with van der Waals surface area (Å²) in [6, 6.07) is 7.22. The third kappa shape index (κ3) is 3.85. The number of amides is 1. The maximum atomic E-state index is 11.2. The van der Waals surface area contributed by atoms with Crippen molar-refractivity contribution in [2.75, 3.05) is 0 Å². The standard InChI is InChI=1S/C12H14BrNO3/c1-8(15)14-12(2,7-11(16)17)9-3-5-10(13)6-4-9/h3-6H,7H2,1-2H3,(H,14,15)(H,16,17). The fourth-order valence-corrected chi connectivity index (χ4v) is 1.99. The molecule has 0 fully saturated rings. The Morgan fingerprint density at radius 1 is 1.35 bits per heavy atom. The highest BCUT2D eigenvalue weighted by Gasteiger charge is 2.30. The van der Waals surface area contributed by atoms with Crippen molar-refractivity contribution in [2.45, 2.75) is 25.8 Å². The number of carbonyl (C=O) groups excluding carboxylic acids is 1. The van der Waals surface area contributed by atoms with Gasteiger partial charge in [-0.05, 0) is 24.6 Å². The molecule has 5 heteroatoms. The average Bonchev–Trinajstić information content (AvgIpc) is 2.15. The van der Waals surface area contributed by atoms with Crippen LogP contribution in [0.15, 0.2) is 28.7 Å². The first-order valence-electron chi connectivity index (χ1n) is 5.10. The van der Waals surface area contributed by atoms with Crippen molar-refractivity contribution in [1.29, 1.82) is 0 Å². The van der Waals surface area contributed by atoms with Crippen molar-refractivity contribution in [1.82, 2.24) is 5.32 Å². The first-order chi connectivity index (χ1) is 7.83. The Bertz CT molecular complexity index is 412. The minimum Gasteiger partial charge on any atom is -0.481 e. The predicted molar refractivity (Wildman–Crippen MR) is 67.6 cm³/mol. The van der Waals surface area contributed by atoms with Crippen molar-refractivity contribution < 1.29 is 14.7 Å². The first kappa shape index (κ1) is 13.7. The van der Waals surface area contributed by atoms with Crippen molar-refractivity contribution in [3.8, 4) is 0 Å². The molecule has 2 N–H and O–H groups in total. The summed E-state index contributed by atoms with van der Waals surface area (Å²) >= 11 is 3.31. The molecule has 1 rings (SSSR count). The molecule has 0 radical (unpaired) electrons. The minimum absolute atomic E-state index is 0.159. The molecule has 1 aromatic carbocycles. The molecule has 17 heavy (non-hydrogen) atoms. The van der Waals surface area contributed by atoms with E-state index in [-0.39, 0.29) is 12.3 Å². The highest BCUT2D eigenvalue weighted by atomic mass is 79.9. The van der Waals surface area contributed by atoms with E-state index < -0.39 is 11.5 Å². The largest absolute Gasteiger partial charge is 0.481 e. The van der Waals surface area contributed by atoms with Gasteiger partial charge in [0, 0.05) is 11.4 Å². The average molecular weight is 300 g/mol. The predicted octanol–water partition coefficient (Wildman–Crippen LogP) is 2.28. The number of benzene rings is 1. The highest BCUT2D eigenvalue weighted by Crippen LogP contribution is 2.26. The van der Waals surface area contributed by atoms with Crippen LogP contribution < -0.4 is 5.32 Å². The molecular weight excluding hydrogens is 286 g/mol. The van der Waals surface area contributed by atoms with Crippen molar-refractivity contribution in [2.24, 2.45) is 0 Å². The van der Waals surface area contributed by atoms with E-state index in [2.05, 4.69) is 21.2 Å². The van der Waals surface area contributed by atoms with E-state index in [1.165, 1.54) is 6.92 Å². The lowest BCUT2D eigenvalue weighted by Gasteiger charge is -2.29. The van der Waals surface area contributed by atoms with Crippen LogP contribution in [-0.2, 0) is 15.1 Å². The summed E-state index contributed by atoms with van der Waals surface area (Å²) in [6.45, 7) is 3.07. The Hall–Kier alpha value is -1.36. The number of carbonyl (C=O) groups is 2. The van der Waals surface area contributed by atoms with Crippen LogP contribution in [0.5, 0.6) is 0 Å². The number of rotatable bonds is 4. The summed E-state index contributed by atoms with van der Waals surface area (Å²) in [7, 11) is 0. The van der Waals surface area contributed by atoms with Gasteiger partial charge in [-0.2, -0.15) is 0 Å². The van der Waals surface area contributed by atoms with Gasteiger partial charge in [-0.3, -0.25) is 9.59 Å². The molecule has 0 saturated carbocycles. The lowest BCUT2D eigenvalue weighted by molar-refractivity contribution is -0.139. The first-order valence-corrected chi connectivity index (χ1v) is 5.89. The van der Waals surface area contributed by atoms with Crippen LogP contribution in [0, 0.1) is 0 Å². The number of hydrogen-bond acceptors (Lipinski definition) is 2. The second-order valence-corrected chi connectivity index (χ2v) is 5.01. The van der Waals surface area contributed by atoms with E-state index in [1.807, 2.05) is 12.1 Å². The SMILES string of the molecule is CC(=O)NC(C)(CC(=O)O)c1ccc(Br)cc1. The molecule has 4 nitrogen and oxygen atoms in total. The maximum absolute atomic E-state index is 11.2. The Kier molecular flexibility index (Phi) is 4.28. The summed E-state index contributed by atoms with van der Waals surface area (Å²) < 4.78 is 0.904. The quantitative estimate of drug-likeness (QED) is 0.896. The molecule has 0 aromatic heterocycles. The van der Waals surface area contributed by atoms with Gasteiger partial charge in [-0.1, -0.05) is 28.1 Å². The normalized spacial score (nSPS) is 13.8. The lowest BCUT2D eigenvalue weighted by atomic mass is 9.88. The molecule has 1 aromatic rings. The summed E-state index contributed by atoms with van der Waals surface area (Å²) in [5.41, 5.74) is -0.128. The molecule has 1 atom stereocenters. The van der Waals surface area contributed by atoms with E-state index in [0.29, 0.717) is 0 Å². The molecular formula is C12H14BrNO3. The van der Waals surface area contributed by atoms with Crippen molar-refractivity contribution >= 4 is 27.8 Å². The number of aliphatic carboxylic acids is 1. The number of carboxylic acids is 1. The van der Waals surface area contributed by atoms with Crippen LogP contribution in [0.25, 0.3) is 0 Å². The topological polar surface area (TPSA) is 66.4 Å². The summed E-state index contributed by atoms with van der Waals surface area (Å²) in [5, 5.41) is 11.6. The Morgan fingerprint density at radius 2 is 1.88 bits per heavy atom. The van der Waals surface area contributed by atoms with Gasteiger partial charge >= 0.3 is 5.97 Å². The van der Waals surface area contributed by atoms with E-state index in [4.69, 9.17) is 5.11 Å². The van der Waals surface area contributed by atoms with Crippen LogP contribution in [0.1, 0.15) is 25.8 Å². The van der Waals surface area contributed by atoms with Crippen LogP contribution >= 0.6 is 15.9 Å². The Balaban J connectivity index is 3.08. The van der Waals surface area contributed by atoms with E-state index in [0.717, 1.165) is 10.0 Å². The van der Waals surface area contributed by atoms with Crippen molar-refractivity contribution in [3.63, 3.8) is 0 Å². The van der Waals surface area contributed by atoms with Crippen molar-refractivity contribution in [3.05, 3.63) is 34.3 Å². The van der Waals surface area contributed by atoms with Crippen LogP contribution in [0.2, 0.25) is 0 Å². The van der Waals surface area contributed by atoms with Gasteiger partial charge in [0.15, 0.2) is 0 Å². The second kappa shape index (κ2) is 5.31. The molecule has 92 valence electrons. The highest BCUT2D eigenvalue weighted by molar-refractivity contribution is 9.10. The smallest absolute Gasteiger partial charge is 0.306 e. The third-order valence-electron chi connectivity index (χ3n) is 2.44. The molecule has 1 unspecified atom stereocenters. The number of nitrogens with one attached hydrogen (secondary N) is 1. The molecule has 0 bridgehead atoms. The molecule has 0 spiro atoms. The van der Waals surface area contributed by atoms with E-state index in [1.54, 1.807) is 19.1 Å². The fraction of sp³-hybridized carbons (Fsp3) is 0.333. The van der Waals surface area contributed by atoms with Gasteiger partial charge in [0.25, 0.3) is 0 Å². The van der Waals surface area contributed by atoms with E-state index in [9.17, 15) is 9.59 Å². The third-order valence-corrected chi connectivity index (χ3v) is 2.97. The molecule has 0 heterocycles. The van der Waals surface area contributed by atoms with E-state index >= 15 is 0 Å². The van der Waals surface area contributed by atoms with Crippen LogP contribution in [-0.4, -0.2) is 17.0 Å². The zero-order valence-corrected chi connectivity index (χ0v) is 11.2. The number of hydrogen-bond donors (Lipinski definition) is 2. The van der Waals surface area contributed by atoms with Gasteiger partial charge < -0.3 is 10.4 Å². The molecule has 0 aliphatic rings. The fourth-order valence-electron chi connectivity index (χ4n) is 1.73. The van der Waals surface area contributed by atoms with Crippen LogP contribution in [0.4, 0.5) is 0 Å². The second-order valence-electron chi connectivity index (χ2n) is 4.09. The Morgan fingerprint density at radius 3 is 2.29 bits per heavy atom. The Labute approximate surface area is 108 Å². The van der Waals surface area contributed by atoms with Gasteiger partial charge in [0.05, 0.1) is 12.0 Å². The maximum Gasteiger partial charge on any atom is 0.306 e. The molecule has 0 aliphatic heterocycles. The molecule has 1 amide bonds. The van der Waals surface area contributed by atoms with Gasteiger partial charge in [0.2, 0.25) is 5.91 Å². The molecule has 0 aliphatic carbocycles. The molecule has 0 saturated heterocycles.